The summed E-state index contributed by atoms with van der Waals surface area (Å²) in [4.78, 5) is 7.34. The fourth-order valence-electron chi connectivity index (χ4n) is 3.72. The minimum absolute atomic E-state index is 0.384. The predicted octanol–water partition coefficient (Wildman–Crippen LogP) is 3.07. The highest BCUT2D eigenvalue weighted by Gasteiger charge is 2.40. The molecule has 4 heterocycles. The summed E-state index contributed by atoms with van der Waals surface area (Å²) in [6.45, 7) is 0.973. The molecular formula is C15H18ClN3. The molecule has 2 unspecified atom stereocenters. The van der Waals surface area contributed by atoms with Gasteiger partial charge in [0.15, 0.2) is 0 Å². The molecule has 0 spiro atoms. The molecule has 0 radical (unpaired) electrons. The molecule has 2 atom stereocenters. The van der Waals surface area contributed by atoms with Crippen molar-refractivity contribution in [1.82, 2.24) is 14.3 Å². The zero-order chi connectivity index (χ0) is 12.8. The van der Waals surface area contributed by atoms with E-state index >= 15 is 0 Å². The minimum Gasteiger partial charge on any atom is -0.307 e. The van der Waals surface area contributed by atoms with Crippen molar-refractivity contribution in [2.75, 3.05) is 0 Å². The van der Waals surface area contributed by atoms with Gasteiger partial charge in [-0.05, 0) is 37.8 Å². The summed E-state index contributed by atoms with van der Waals surface area (Å²) in [5.41, 5.74) is 2.22. The van der Waals surface area contributed by atoms with Gasteiger partial charge in [-0.15, -0.1) is 11.6 Å². The molecule has 2 bridgehead atoms. The van der Waals surface area contributed by atoms with Crippen molar-refractivity contribution in [3.63, 3.8) is 0 Å². The Labute approximate surface area is 118 Å². The summed E-state index contributed by atoms with van der Waals surface area (Å²) < 4.78 is 2.10. The van der Waals surface area contributed by atoms with E-state index in [0.717, 1.165) is 25.0 Å². The number of nitrogens with zero attached hydrogens (tertiary/aromatic N) is 3. The van der Waals surface area contributed by atoms with Crippen molar-refractivity contribution in [3.8, 4) is 0 Å². The Hall–Kier alpha value is -1.06. The normalized spacial score (nSPS) is 31.1. The standard InChI is InChI=1S/C15H18ClN3/c16-11-7-13-4-5-14(8-11)19(13)10-12-9-18-6-2-1-3-15(18)17-12/h1-3,6,9,11,13-14H,4-5,7-8,10H2. The highest BCUT2D eigenvalue weighted by Crippen LogP contribution is 2.38. The Bertz CT molecular complexity index is 547. The number of halogens is 1. The first-order valence-corrected chi connectivity index (χ1v) is 7.55. The van der Waals surface area contributed by atoms with Gasteiger partial charge in [0.1, 0.15) is 5.65 Å². The average molecular weight is 276 g/mol. The summed E-state index contributed by atoms with van der Waals surface area (Å²) in [6, 6.07) is 7.48. The van der Waals surface area contributed by atoms with E-state index in [1.807, 2.05) is 12.1 Å². The molecule has 0 N–H and O–H groups in total. The lowest BCUT2D eigenvalue weighted by atomic mass is 10.0. The number of rotatable bonds is 2. The largest absolute Gasteiger partial charge is 0.307 e. The van der Waals surface area contributed by atoms with E-state index in [1.54, 1.807) is 0 Å². The maximum atomic E-state index is 6.33. The average Bonchev–Trinajstić information content (AvgIpc) is 2.90. The first-order chi connectivity index (χ1) is 9.29. The highest BCUT2D eigenvalue weighted by molar-refractivity contribution is 6.20. The van der Waals surface area contributed by atoms with Gasteiger partial charge in [0.2, 0.25) is 0 Å². The fraction of sp³-hybridized carbons (Fsp3) is 0.533. The van der Waals surface area contributed by atoms with Crippen LogP contribution >= 0.6 is 11.6 Å². The molecule has 19 heavy (non-hydrogen) atoms. The maximum Gasteiger partial charge on any atom is 0.137 e. The molecule has 2 aromatic rings. The molecule has 0 aromatic carbocycles. The van der Waals surface area contributed by atoms with Crippen LogP contribution in [0.4, 0.5) is 0 Å². The van der Waals surface area contributed by atoms with Crippen LogP contribution in [0.3, 0.4) is 0 Å². The summed E-state index contributed by atoms with van der Waals surface area (Å²) in [7, 11) is 0. The second-order valence-electron chi connectivity index (χ2n) is 5.82. The third-order valence-corrected chi connectivity index (χ3v) is 4.94. The number of pyridine rings is 1. The van der Waals surface area contributed by atoms with E-state index in [9.17, 15) is 0 Å². The van der Waals surface area contributed by atoms with Crippen molar-refractivity contribution in [1.29, 1.82) is 0 Å². The lowest BCUT2D eigenvalue weighted by Crippen LogP contribution is -2.42. The topological polar surface area (TPSA) is 20.5 Å². The lowest BCUT2D eigenvalue weighted by molar-refractivity contribution is 0.133. The fourth-order valence-corrected chi connectivity index (χ4v) is 4.13. The van der Waals surface area contributed by atoms with Crippen LogP contribution in [0.15, 0.2) is 30.6 Å². The number of alkyl halides is 1. The van der Waals surface area contributed by atoms with Crippen molar-refractivity contribution in [3.05, 3.63) is 36.3 Å². The Morgan fingerprint density at radius 2 is 2.00 bits per heavy atom. The molecule has 2 aliphatic rings. The Balaban J connectivity index is 1.58. The van der Waals surface area contributed by atoms with Crippen molar-refractivity contribution < 1.29 is 0 Å². The number of hydrogen-bond acceptors (Lipinski definition) is 2. The second-order valence-corrected chi connectivity index (χ2v) is 6.44. The van der Waals surface area contributed by atoms with Crippen molar-refractivity contribution >= 4 is 17.2 Å². The van der Waals surface area contributed by atoms with E-state index in [2.05, 4.69) is 27.8 Å². The quantitative estimate of drug-likeness (QED) is 0.785. The van der Waals surface area contributed by atoms with E-state index in [4.69, 9.17) is 16.6 Å². The maximum absolute atomic E-state index is 6.33. The molecule has 0 saturated carbocycles. The monoisotopic (exact) mass is 275 g/mol. The summed E-state index contributed by atoms with van der Waals surface area (Å²) in [5, 5.41) is 0.384. The van der Waals surface area contributed by atoms with Gasteiger partial charge in [-0.25, -0.2) is 4.98 Å². The van der Waals surface area contributed by atoms with Gasteiger partial charge in [0.05, 0.1) is 5.69 Å². The van der Waals surface area contributed by atoms with Crippen molar-refractivity contribution in [2.45, 2.75) is 49.7 Å². The zero-order valence-electron chi connectivity index (χ0n) is 10.9. The van der Waals surface area contributed by atoms with Crippen LogP contribution in [0.25, 0.3) is 5.65 Å². The molecule has 100 valence electrons. The van der Waals surface area contributed by atoms with Gasteiger partial charge in [0.25, 0.3) is 0 Å². The van der Waals surface area contributed by atoms with Gasteiger partial charge in [-0.2, -0.15) is 0 Å². The minimum atomic E-state index is 0.384. The summed E-state index contributed by atoms with van der Waals surface area (Å²) in [6.07, 6.45) is 9.12. The summed E-state index contributed by atoms with van der Waals surface area (Å²) >= 11 is 6.33. The van der Waals surface area contributed by atoms with E-state index < -0.39 is 0 Å². The lowest BCUT2D eigenvalue weighted by Gasteiger charge is -2.36. The molecule has 2 aromatic heterocycles. The smallest absolute Gasteiger partial charge is 0.137 e. The zero-order valence-corrected chi connectivity index (χ0v) is 11.6. The van der Waals surface area contributed by atoms with E-state index in [0.29, 0.717) is 17.5 Å². The van der Waals surface area contributed by atoms with Gasteiger partial charge < -0.3 is 4.40 Å². The predicted molar refractivity (Wildman–Crippen MR) is 76.4 cm³/mol. The second kappa shape index (κ2) is 4.50. The number of aromatic nitrogens is 2. The Kier molecular flexibility index (Phi) is 2.78. The van der Waals surface area contributed by atoms with E-state index in [1.165, 1.54) is 18.5 Å². The number of piperidine rings is 1. The van der Waals surface area contributed by atoms with Gasteiger partial charge in [-0.1, -0.05) is 6.07 Å². The van der Waals surface area contributed by atoms with Crippen LogP contribution in [0.1, 0.15) is 31.4 Å². The SMILES string of the molecule is ClC1CC2CCC(C1)N2Cc1cn2ccccc2n1. The molecule has 4 rings (SSSR count). The van der Waals surface area contributed by atoms with E-state index in [-0.39, 0.29) is 0 Å². The van der Waals surface area contributed by atoms with Crippen LogP contribution in [-0.4, -0.2) is 31.7 Å². The number of hydrogen-bond donors (Lipinski definition) is 0. The molecule has 2 saturated heterocycles. The molecule has 2 aliphatic heterocycles. The van der Waals surface area contributed by atoms with Crippen LogP contribution in [0, 0.1) is 0 Å². The summed E-state index contributed by atoms with van der Waals surface area (Å²) in [5.74, 6) is 0. The van der Waals surface area contributed by atoms with Gasteiger partial charge >= 0.3 is 0 Å². The molecular weight excluding hydrogens is 258 g/mol. The van der Waals surface area contributed by atoms with Gasteiger partial charge in [0, 0.05) is 36.4 Å². The van der Waals surface area contributed by atoms with Crippen LogP contribution < -0.4 is 0 Å². The Morgan fingerprint density at radius 3 is 2.74 bits per heavy atom. The third kappa shape index (κ3) is 2.05. The molecule has 3 nitrogen and oxygen atoms in total. The number of fused-ring (bicyclic) bond motifs is 3. The first-order valence-electron chi connectivity index (χ1n) is 7.12. The van der Waals surface area contributed by atoms with Crippen LogP contribution in [-0.2, 0) is 6.54 Å². The molecule has 2 fully saturated rings. The first kappa shape index (κ1) is 11.7. The van der Waals surface area contributed by atoms with Crippen LogP contribution in [0.5, 0.6) is 0 Å². The third-order valence-electron chi connectivity index (χ3n) is 4.59. The molecule has 4 heteroatoms. The number of imidazole rings is 1. The molecule has 0 aliphatic carbocycles. The van der Waals surface area contributed by atoms with Crippen molar-refractivity contribution in [2.24, 2.45) is 0 Å². The highest BCUT2D eigenvalue weighted by atomic mass is 35.5. The Morgan fingerprint density at radius 1 is 1.21 bits per heavy atom. The molecule has 0 amide bonds. The van der Waals surface area contributed by atoms with Gasteiger partial charge in [-0.3, -0.25) is 4.90 Å². The van der Waals surface area contributed by atoms with Crippen LogP contribution in [0.2, 0.25) is 0 Å².